The minimum absolute atomic E-state index is 0.0602. The molecule has 0 unspecified atom stereocenters. The molecule has 0 saturated carbocycles. The lowest BCUT2D eigenvalue weighted by atomic mass is 9.95. The number of carbonyl (C=O) groups excluding carboxylic acids is 1. The number of alkyl carbamates (subject to hydrolysis) is 1. The number of hydrogen-bond acceptors (Lipinski definition) is 4. The van der Waals surface area contributed by atoms with Gasteiger partial charge in [-0.3, -0.25) is 0 Å². The van der Waals surface area contributed by atoms with Crippen LogP contribution in [-0.2, 0) is 11.3 Å². The Morgan fingerprint density at radius 3 is 2.31 bits per heavy atom. The molecule has 1 fully saturated rings. The summed E-state index contributed by atoms with van der Waals surface area (Å²) in [6.45, 7) is 5.57. The van der Waals surface area contributed by atoms with Crippen molar-refractivity contribution in [3.8, 4) is 22.3 Å². The Hall–Kier alpha value is -3.92. The summed E-state index contributed by atoms with van der Waals surface area (Å²) in [7, 11) is 0. The van der Waals surface area contributed by atoms with Gasteiger partial charge in [-0.25, -0.2) is 22.4 Å². The molecule has 1 aliphatic rings. The fraction of sp³-hybridized carbons (Fsp3) is 0.312. The van der Waals surface area contributed by atoms with Crippen LogP contribution in [0.2, 0.25) is 0 Å². The lowest BCUT2D eigenvalue weighted by molar-refractivity contribution is -0.0430. The van der Waals surface area contributed by atoms with Gasteiger partial charge in [-0.15, -0.1) is 0 Å². The monoisotopic (exact) mass is 598 g/mol. The van der Waals surface area contributed by atoms with Crippen molar-refractivity contribution in [1.82, 2.24) is 10.2 Å². The zero-order valence-electron chi connectivity index (χ0n) is 23.4. The highest BCUT2D eigenvalue weighted by atomic mass is 32.1. The summed E-state index contributed by atoms with van der Waals surface area (Å²) < 4.78 is 67.9. The number of nitrogens with zero attached hydrogens (tertiary/aromatic N) is 1. The SMILES string of the molecule is CC(C)(C)OC(=O)NCc1cc2cc(-c3ccc(C(=S)N4CCC(F)(F)CC4)cc3F)cc(-c3ccc(F)cc3)c2o1. The third-order valence-electron chi connectivity index (χ3n) is 6.94. The van der Waals surface area contributed by atoms with Crippen molar-refractivity contribution < 1.29 is 31.5 Å². The summed E-state index contributed by atoms with van der Waals surface area (Å²) in [5.74, 6) is -3.19. The molecular formula is C32H30F4N2O3S. The Balaban J connectivity index is 1.47. The van der Waals surface area contributed by atoms with Gasteiger partial charge in [0.1, 0.15) is 33.6 Å². The first-order chi connectivity index (χ1) is 19.8. The van der Waals surface area contributed by atoms with Crippen LogP contribution in [-0.4, -0.2) is 40.6 Å². The second-order valence-electron chi connectivity index (χ2n) is 11.4. The first-order valence-corrected chi connectivity index (χ1v) is 14.0. The molecule has 1 amide bonds. The highest BCUT2D eigenvalue weighted by Crippen LogP contribution is 2.37. The van der Waals surface area contributed by atoms with Gasteiger partial charge in [0.25, 0.3) is 5.92 Å². The lowest BCUT2D eigenvalue weighted by Gasteiger charge is -2.33. The number of rotatable bonds is 5. The second-order valence-corrected chi connectivity index (χ2v) is 11.7. The van der Waals surface area contributed by atoms with Gasteiger partial charge in [-0.1, -0.05) is 36.5 Å². The van der Waals surface area contributed by atoms with Crippen molar-refractivity contribution in [3.63, 3.8) is 0 Å². The molecule has 0 bridgehead atoms. The average Bonchev–Trinajstić information content (AvgIpc) is 3.34. The van der Waals surface area contributed by atoms with Crippen molar-refractivity contribution in [3.05, 3.63) is 83.6 Å². The summed E-state index contributed by atoms with van der Waals surface area (Å²) in [6.07, 6.45) is -1.18. The molecule has 0 aliphatic carbocycles. The van der Waals surface area contributed by atoms with Crippen LogP contribution in [0.3, 0.4) is 0 Å². The molecule has 10 heteroatoms. The van der Waals surface area contributed by atoms with E-state index in [1.165, 1.54) is 18.2 Å². The molecule has 1 N–H and O–H groups in total. The third-order valence-corrected chi connectivity index (χ3v) is 7.43. The molecule has 3 aromatic carbocycles. The van der Waals surface area contributed by atoms with Crippen LogP contribution in [0, 0.1) is 11.6 Å². The van der Waals surface area contributed by atoms with Gasteiger partial charge in [0.05, 0.1) is 6.54 Å². The number of carbonyl (C=O) groups is 1. The van der Waals surface area contributed by atoms with Crippen LogP contribution in [0.25, 0.3) is 33.2 Å². The van der Waals surface area contributed by atoms with Crippen LogP contribution in [0.1, 0.15) is 44.9 Å². The maximum Gasteiger partial charge on any atom is 0.408 e. The van der Waals surface area contributed by atoms with Crippen molar-refractivity contribution in [2.45, 2.75) is 51.7 Å². The number of benzene rings is 3. The minimum atomic E-state index is -2.71. The standard InChI is InChI=1S/C32H30F4N2O3S/c1-31(2,3)41-30(39)37-18-24-15-22-14-21(16-26(28(22)40-24)19-4-7-23(33)8-5-19)25-9-6-20(17-27(25)34)29(42)38-12-10-32(35,36)11-13-38/h4-9,14-17H,10-13,18H2,1-3H3,(H,37,39). The highest BCUT2D eigenvalue weighted by Gasteiger charge is 2.35. The molecule has 42 heavy (non-hydrogen) atoms. The topological polar surface area (TPSA) is 54.7 Å². The Bertz CT molecular complexity index is 1630. The van der Waals surface area contributed by atoms with Gasteiger partial charge in [0, 0.05) is 48.0 Å². The van der Waals surface area contributed by atoms with Gasteiger partial charge in [0.15, 0.2) is 0 Å². The van der Waals surface area contributed by atoms with Gasteiger partial charge in [-0.2, -0.15) is 0 Å². The summed E-state index contributed by atoms with van der Waals surface area (Å²) in [5.41, 5.74) is 2.38. The summed E-state index contributed by atoms with van der Waals surface area (Å²) >= 11 is 5.50. The maximum atomic E-state index is 15.6. The molecule has 220 valence electrons. The van der Waals surface area contributed by atoms with Crippen LogP contribution < -0.4 is 5.32 Å². The van der Waals surface area contributed by atoms with E-state index in [1.807, 2.05) is 0 Å². The summed E-state index contributed by atoms with van der Waals surface area (Å²) in [4.78, 5) is 14.2. The Labute approximate surface area is 246 Å². The van der Waals surface area contributed by atoms with E-state index in [4.69, 9.17) is 21.4 Å². The largest absolute Gasteiger partial charge is 0.459 e. The smallest absolute Gasteiger partial charge is 0.408 e. The van der Waals surface area contributed by atoms with E-state index >= 15 is 4.39 Å². The molecular weight excluding hydrogens is 568 g/mol. The van der Waals surface area contributed by atoms with E-state index in [9.17, 15) is 18.0 Å². The first-order valence-electron chi connectivity index (χ1n) is 13.5. The molecule has 4 aromatic rings. The normalized spacial score (nSPS) is 15.1. The number of ether oxygens (including phenoxy) is 1. The van der Waals surface area contributed by atoms with E-state index in [-0.39, 0.29) is 32.5 Å². The number of hydrogen-bond donors (Lipinski definition) is 1. The molecule has 0 radical (unpaired) electrons. The van der Waals surface area contributed by atoms with Gasteiger partial charge < -0.3 is 19.4 Å². The molecule has 1 aliphatic heterocycles. The fourth-order valence-electron chi connectivity index (χ4n) is 4.87. The Morgan fingerprint density at radius 2 is 1.67 bits per heavy atom. The summed E-state index contributed by atoms with van der Waals surface area (Å²) in [6, 6.07) is 15.7. The number of likely N-dealkylation sites (tertiary alicyclic amines) is 1. The average molecular weight is 599 g/mol. The number of nitrogens with one attached hydrogen (secondary N) is 1. The van der Waals surface area contributed by atoms with E-state index < -0.39 is 29.3 Å². The Kier molecular flexibility index (Phi) is 8.02. The number of halogens is 4. The first kappa shape index (κ1) is 29.6. The van der Waals surface area contributed by atoms with Crippen LogP contribution in [0.4, 0.5) is 22.4 Å². The van der Waals surface area contributed by atoms with Crippen LogP contribution in [0.15, 0.2) is 65.1 Å². The van der Waals surface area contributed by atoms with E-state index in [0.29, 0.717) is 49.5 Å². The molecule has 1 aromatic heterocycles. The molecule has 5 nitrogen and oxygen atoms in total. The predicted octanol–water partition coefficient (Wildman–Crippen LogP) is 8.48. The quantitative estimate of drug-likeness (QED) is 0.185. The number of furan rings is 1. The van der Waals surface area contributed by atoms with Gasteiger partial charge in [0.2, 0.25) is 0 Å². The zero-order chi connectivity index (χ0) is 30.2. The van der Waals surface area contributed by atoms with Gasteiger partial charge in [-0.05, 0) is 68.3 Å². The van der Waals surface area contributed by atoms with Crippen molar-refractivity contribution in [2.24, 2.45) is 0 Å². The lowest BCUT2D eigenvalue weighted by Crippen LogP contribution is -2.42. The fourth-order valence-corrected chi connectivity index (χ4v) is 5.18. The van der Waals surface area contributed by atoms with Crippen LogP contribution >= 0.6 is 12.2 Å². The molecule has 2 heterocycles. The molecule has 0 atom stereocenters. The van der Waals surface area contributed by atoms with Gasteiger partial charge >= 0.3 is 6.09 Å². The number of alkyl halides is 2. The third kappa shape index (κ3) is 6.75. The van der Waals surface area contributed by atoms with Crippen molar-refractivity contribution in [1.29, 1.82) is 0 Å². The maximum absolute atomic E-state index is 15.6. The van der Waals surface area contributed by atoms with E-state index in [0.717, 1.165) is 0 Å². The molecule has 0 spiro atoms. The number of thiocarbonyl (C=S) groups is 1. The zero-order valence-corrected chi connectivity index (χ0v) is 24.2. The second kappa shape index (κ2) is 11.4. The molecule has 1 saturated heterocycles. The highest BCUT2D eigenvalue weighted by molar-refractivity contribution is 7.80. The molecule has 5 rings (SSSR count). The van der Waals surface area contributed by atoms with Crippen molar-refractivity contribution >= 4 is 34.3 Å². The number of amides is 1. The van der Waals surface area contributed by atoms with Crippen molar-refractivity contribution in [2.75, 3.05) is 13.1 Å². The van der Waals surface area contributed by atoms with E-state index in [2.05, 4.69) is 5.32 Å². The summed E-state index contributed by atoms with van der Waals surface area (Å²) in [5, 5.41) is 3.32. The number of fused-ring (bicyclic) bond motifs is 1. The minimum Gasteiger partial charge on any atom is -0.459 e. The van der Waals surface area contributed by atoms with E-state index in [1.54, 1.807) is 68.1 Å². The predicted molar refractivity (Wildman–Crippen MR) is 158 cm³/mol. The Morgan fingerprint density at radius 1 is 0.976 bits per heavy atom. The van der Waals surface area contributed by atoms with Crippen LogP contribution in [0.5, 0.6) is 0 Å². The number of piperidine rings is 1.